The fourth-order valence-electron chi connectivity index (χ4n) is 1.59. The van der Waals surface area contributed by atoms with E-state index in [2.05, 4.69) is 5.32 Å². The highest BCUT2D eigenvalue weighted by atomic mass is 35.5. The molecule has 0 heterocycles. The number of aryl methyl sites for hydroxylation is 1. The number of phenols is 2. The summed E-state index contributed by atoms with van der Waals surface area (Å²) >= 11 is 11.5. The summed E-state index contributed by atoms with van der Waals surface area (Å²) in [6.07, 6.45) is 0. The molecule has 3 N–H and O–H groups in total. The van der Waals surface area contributed by atoms with Crippen LogP contribution in [0, 0.1) is 6.92 Å². The van der Waals surface area contributed by atoms with Gasteiger partial charge in [-0.1, -0.05) is 29.3 Å². The number of halogens is 2. The van der Waals surface area contributed by atoms with Crippen LogP contribution in [0.3, 0.4) is 0 Å². The van der Waals surface area contributed by atoms with Gasteiger partial charge < -0.3 is 15.5 Å². The van der Waals surface area contributed by atoms with E-state index >= 15 is 0 Å². The Hall–Kier alpha value is -1.91. The van der Waals surface area contributed by atoms with Gasteiger partial charge in [-0.3, -0.25) is 4.79 Å². The first-order valence-corrected chi connectivity index (χ1v) is 6.43. The van der Waals surface area contributed by atoms with Crippen LogP contribution >= 0.6 is 23.2 Å². The minimum absolute atomic E-state index is 0.0411. The average molecular weight is 312 g/mol. The van der Waals surface area contributed by atoms with E-state index in [9.17, 15) is 15.0 Å². The molecule has 0 aliphatic carbocycles. The summed E-state index contributed by atoms with van der Waals surface area (Å²) in [5, 5.41) is 21.7. The van der Waals surface area contributed by atoms with Gasteiger partial charge in [0.2, 0.25) is 0 Å². The van der Waals surface area contributed by atoms with E-state index in [1.165, 1.54) is 18.2 Å². The number of anilines is 1. The van der Waals surface area contributed by atoms with Crippen LogP contribution in [0.15, 0.2) is 30.3 Å². The van der Waals surface area contributed by atoms with Crippen LogP contribution in [-0.4, -0.2) is 16.1 Å². The van der Waals surface area contributed by atoms with E-state index in [0.717, 1.165) is 0 Å². The number of carbonyl (C=O) groups excluding carboxylic acids is 1. The quantitative estimate of drug-likeness (QED) is 0.735. The molecule has 2 aromatic rings. The number of hydrogen-bond acceptors (Lipinski definition) is 3. The second-order valence-corrected chi connectivity index (χ2v) is 5.06. The molecule has 2 rings (SSSR count). The molecule has 4 nitrogen and oxygen atoms in total. The van der Waals surface area contributed by atoms with Crippen molar-refractivity contribution < 1.29 is 15.0 Å². The van der Waals surface area contributed by atoms with Crippen LogP contribution in [0.1, 0.15) is 15.9 Å². The van der Waals surface area contributed by atoms with Gasteiger partial charge >= 0.3 is 0 Å². The molecule has 0 aliphatic rings. The molecule has 0 fully saturated rings. The third-order valence-electron chi connectivity index (χ3n) is 2.75. The Balaban J connectivity index is 2.25. The van der Waals surface area contributed by atoms with E-state index in [4.69, 9.17) is 23.2 Å². The number of amides is 1. The molecule has 0 aliphatic heterocycles. The van der Waals surface area contributed by atoms with Gasteiger partial charge in [-0.25, -0.2) is 0 Å². The highest BCUT2D eigenvalue weighted by Crippen LogP contribution is 2.34. The van der Waals surface area contributed by atoms with Crippen LogP contribution < -0.4 is 5.32 Å². The van der Waals surface area contributed by atoms with E-state index in [0.29, 0.717) is 16.8 Å². The Labute approximate surface area is 125 Å². The van der Waals surface area contributed by atoms with Gasteiger partial charge in [-0.15, -0.1) is 0 Å². The lowest BCUT2D eigenvalue weighted by Crippen LogP contribution is -2.11. The first-order valence-electron chi connectivity index (χ1n) is 5.67. The monoisotopic (exact) mass is 311 g/mol. The van der Waals surface area contributed by atoms with Gasteiger partial charge in [0.25, 0.3) is 5.91 Å². The molecule has 0 saturated carbocycles. The molecule has 0 atom stereocenters. The Bertz CT molecular complexity index is 663. The smallest absolute Gasteiger partial charge is 0.255 e. The number of nitrogens with one attached hydrogen (secondary N) is 1. The van der Waals surface area contributed by atoms with Crippen LogP contribution in [0.2, 0.25) is 10.0 Å². The summed E-state index contributed by atoms with van der Waals surface area (Å²) in [7, 11) is 0. The number of rotatable bonds is 2. The van der Waals surface area contributed by atoms with E-state index in [1.807, 2.05) is 0 Å². The van der Waals surface area contributed by atoms with Crippen molar-refractivity contribution in [2.24, 2.45) is 0 Å². The fourth-order valence-corrected chi connectivity index (χ4v) is 2.08. The number of phenolic OH excluding ortho intramolecular Hbond substituents is 2. The highest BCUT2D eigenvalue weighted by molar-refractivity contribution is 6.37. The lowest BCUT2D eigenvalue weighted by Gasteiger charge is -2.08. The lowest BCUT2D eigenvalue weighted by atomic mass is 10.1. The summed E-state index contributed by atoms with van der Waals surface area (Å²) in [6, 6.07) is 7.37. The van der Waals surface area contributed by atoms with Crippen molar-refractivity contribution in [2.45, 2.75) is 6.92 Å². The molecular weight excluding hydrogens is 301 g/mol. The Morgan fingerprint density at radius 1 is 1.10 bits per heavy atom. The number of aromatic hydroxyl groups is 2. The molecule has 0 bridgehead atoms. The van der Waals surface area contributed by atoms with E-state index in [-0.39, 0.29) is 21.5 Å². The van der Waals surface area contributed by atoms with E-state index in [1.54, 1.807) is 19.1 Å². The Morgan fingerprint density at radius 2 is 1.70 bits per heavy atom. The van der Waals surface area contributed by atoms with Crippen LogP contribution in [0.25, 0.3) is 0 Å². The summed E-state index contributed by atoms with van der Waals surface area (Å²) in [5.41, 5.74) is 1.33. The molecule has 2 aromatic carbocycles. The first-order chi connectivity index (χ1) is 9.38. The SMILES string of the molecule is Cc1ccc(C(=O)Nc2cc(Cl)c(O)c(Cl)c2)cc1O. The molecule has 104 valence electrons. The second kappa shape index (κ2) is 5.61. The summed E-state index contributed by atoms with van der Waals surface area (Å²) in [6.45, 7) is 1.73. The minimum Gasteiger partial charge on any atom is -0.508 e. The van der Waals surface area contributed by atoms with Crippen LogP contribution in [0.5, 0.6) is 11.5 Å². The number of carbonyl (C=O) groups is 1. The molecule has 0 saturated heterocycles. The van der Waals surface area contributed by atoms with Crippen LogP contribution in [-0.2, 0) is 0 Å². The van der Waals surface area contributed by atoms with Gasteiger partial charge in [-0.2, -0.15) is 0 Å². The first kappa shape index (κ1) is 14.5. The van der Waals surface area contributed by atoms with Crippen molar-refractivity contribution in [1.29, 1.82) is 0 Å². The largest absolute Gasteiger partial charge is 0.508 e. The maximum absolute atomic E-state index is 12.0. The van der Waals surface area contributed by atoms with Gasteiger partial charge in [0, 0.05) is 11.3 Å². The zero-order valence-corrected chi connectivity index (χ0v) is 12.0. The average Bonchev–Trinajstić information content (AvgIpc) is 2.39. The molecule has 0 spiro atoms. The maximum Gasteiger partial charge on any atom is 0.255 e. The normalized spacial score (nSPS) is 10.3. The third kappa shape index (κ3) is 2.98. The van der Waals surface area contributed by atoms with E-state index < -0.39 is 5.91 Å². The molecule has 6 heteroatoms. The molecule has 1 amide bonds. The summed E-state index contributed by atoms with van der Waals surface area (Å²) < 4.78 is 0. The number of hydrogen-bond donors (Lipinski definition) is 3. The maximum atomic E-state index is 12.0. The van der Waals surface area contributed by atoms with Crippen molar-refractivity contribution in [1.82, 2.24) is 0 Å². The fraction of sp³-hybridized carbons (Fsp3) is 0.0714. The molecule has 0 aromatic heterocycles. The zero-order valence-electron chi connectivity index (χ0n) is 10.4. The standard InChI is InChI=1S/C14H11Cl2NO3/c1-7-2-3-8(4-12(7)18)14(20)17-9-5-10(15)13(19)11(16)6-9/h2-6,18-19H,1H3,(H,17,20). The predicted octanol–water partition coefficient (Wildman–Crippen LogP) is 3.97. The third-order valence-corrected chi connectivity index (χ3v) is 3.32. The Morgan fingerprint density at radius 3 is 2.25 bits per heavy atom. The molecular formula is C14H11Cl2NO3. The highest BCUT2D eigenvalue weighted by Gasteiger charge is 2.11. The van der Waals surface area contributed by atoms with Gasteiger partial charge in [0.15, 0.2) is 5.75 Å². The summed E-state index contributed by atoms with van der Waals surface area (Å²) in [5.74, 6) is -0.614. The van der Waals surface area contributed by atoms with Crippen molar-refractivity contribution in [3.05, 3.63) is 51.5 Å². The molecule has 20 heavy (non-hydrogen) atoms. The Kier molecular flexibility index (Phi) is 4.06. The zero-order chi connectivity index (χ0) is 14.9. The van der Waals surface area contributed by atoms with Gasteiger partial charge in [0.1, 0.15) is 5.75 Å². The van der Waals surface area contributed by atoms with Crippen LogP contribution in [0.4, 0.5) is 5.69 Å². The minimum atomic E-state index is -0.418. The van der Waals surface area contributed by atoms with Crippen molar-refractivity contribution in [3.8, 4) is 11.5 Å². The lowest BCUT2D eigenvalue weighted by molar-refractivity contribution is 0.102. The topological polar surface area (TPSA) is 69.6 Å². The van der Waals surface area contributed by atoms with Crippen molar-refractivity contribution >= 4 is 34.8 Å². The van der Waals surface area contributed by atoms with Crippen molar-refractivity contribution in [3.63, 3.8) is 0 Å². The summed E-state index contributed by atoms with van der Waals surface area (Å²) in [4.78, 5) is 12.0. The van der Waals surface area contributed by atoms with Gasteiger partial charge in [-0.05, 0) is 36.8 Å². The second-order valence-electron chi connectivity index (χ2n) is 4.24. The van der Waals surface area contributed by atoms with Gasteiger partial charge in [0.05, 0.1) is 10.0 Å². The predicted molar refractivity (Wildman–Crippen MR) is 78.9 cm³/mol. The van der Waals surface area contributed by atoms with Crippen molar-refractivity contribution in [2.75, 3.05) is 5.32 Å². The number of benzene rings is 2. The molecule has 0 unspecified atom stereocenters. The molecule has 0 radical (unpaired) electrons.